The minimum Gasteiger partial charge on any atom is -0.497 e. The number of rotatable bonds is 7. The van der Waals surface area contributed by atoms with Crippen LogP contribution in [0.1, 0.15) is 43.4 Å². The van der Waals surface area contributed by atoms with Gasteiger partial charge in [0.2, 0.25) is 0 Å². The molecule has 4 rings (SSSR count). The van der Waals surface area contributed by atoms with Crippen molar-refractivity contribution in [2.45, 2.75) is 51.2 Å². The minimum absolute atomic E-state index is 0.149. The van der Waals surface area contributed by atoms with Crippen molar-refractivity contribution in [3.05, 3.63) is 83.9 Å². The van der Waals surface area contributed by atoms with Crippen molar-refractivity contribution in [2.24, 2.45) is 0 Å². The van der Waals surface area contributed by atoms with E-state index in [4.69, 9.17) is 4.74 Å². The van der Waals surface area contributed by atoms with Crippen molar-refractivity contribution < 1.29 is 13.9 Å². The first kappa shape index (κ1) is 21.9. The zero-order valence-corrected chi connectivity index (χ0v) is 18.5. The highest BCUT2D eigenvalue weighted by molar-refractivity contribution is 5.89. The van der Waals surface area contributed by atoms with Crippen molar-refractivity contribution in [3.63, 3.8) is 0 Å². The molecule has 1 heterocycles. The number of hydrogen-bond donors (Lipinski definition) is 1. The summed E-state index contributed by atoms with van der Waals surface area (Å²) in [5, 5.41) is 2.79. The Kier molecular flexibility index (Phi) is 7.10. The summed E-state index contributed by atoms with van der Waals surface area (Å²) in [5.41, 5.74) is 2.38. The summed E-state index contributed by atoms with van der Waals surface area (Å²) in [6, 6.07) is 18.2. The van der Waals surface area contributed by atoms with Gasteiger partial charge in [0.1, 0.15) is 11.6 Å². The first-order valence-electron chi connectivity index (χ1n) is 11.2. The standard InChI is InChI=1S/C26H30FN3O2/c1-32-23-13-7-9-20(17-23)18-29-16-8-12-22(29)19-30(21-10-3-2-4-11-21)26(31)28-25-15-6-5-14-24(25)27/h5-9,12-17,21H,2-4,10-11,18-19H2,1H3,(H,28,31). The largest absolute Gasteiger partial charge is 0.497 e. The second-order valence-electron chi connectivity index (χ2n) is 8.31. The Labute approximate surface area is 188 Å². The van der Waals surface area contributed by atoms with E-state index in [-0.39, 0.29) is 17.8 Å². The van der Waals surface area contributed by atoms with Crippen LogP contribution in [0.4, 0.5) is 14.9 Å². The van der Waals surface area contributed by atoms with Crippen LogP contribution in [-0.2, 0) is 13.1 Å². The third kappa shape index (κ3) is 5.31. The molecule has 0 bridgehead atoms. The topological polar surface area (TPSA) is 46.5 Å². The first-order valence-corrected chi connectivity index (χ1v) is 11.2. The number of para-hydroxylation sites is 1. The Bertz CT molecular complexity index is 1040. The molecular formula is C26H30FN3O2. The van der Waals surface area contributed by atoms with E-state index in [1.807, 2.05) is 41.4 Å². The minimum atomic E-state index is -0.425. The number of nitrogens with zero attached hydrogens (tertiary/aromatic N) is 2. The maximum Gasteiger partial charge on any atom is 0.322 e. The number of carbonyl (C=O) groups is 1. The molecule has 1 N–H and O–H groups in total. The molecule has 0 radical (unpaired) electrons. The van der Waals surface area contributed by atoms with E-state index in [1.165, 1.54) is 12.5 Å². The Morgan fingerprint density at radius 1 is 1.09 bits per heavy atom. The molecular weight excluding hydrogens is 405 g/mol. The lowest BCUT2D eigenvalue weighted by molar-refractivity contribution is 0.161. The molecule has 0 unspecified atom stereocenters. The number of anilines is 1. The molecule has 1 saturated carbocycles. The molecule has 2 aromatic carbocycles. The van der Waals surface area contributed by atoms with Gasteiger partial charge in [-0.15, -0.1) is 0 Å². The van der Waals surface area contributed by atoms with Crippen molar-refractivity contribution in [3.8, 4) is 5.75 Å². The SMILES string of the molecule is COc1cccc(Cn2cccc2CN(C(=O)Nc2ccccc2F)C2CCCCC2)c1. The van der Waals surface area contributed by atoms with Gasteiger partial charge in [0.15, 0.2) is 0 Å². The van der Waals surface area contributed by atoms with Gasteiger partial charge in [-0.3, -0.25) is 0 Å². The summed E-state index contributed by atoms with van der Waals surface area (Å²) in [6.07, 6.45) is 7.40. The van der Waals surface area contributed by atoms with E-state index in [0.29, 0.717) is 13.1 Å². The number of urea groups is 1. The molecule has 0 atom stereocenters. The number of methoxy groups -OCH3 is 1. The lowest BCUT2D eigenvalue weighted by atomic mass is 9.94. The van der Waals surface area contributed by atoms with Crippen molar-refractivity contribution in [2.75, 3.05) is 12.4 Å². The lowest BCUT2D eigenvalue weighted by Crippen LogP contribution is -2.43. The third-order valence-corrected chi connectivity index (χ3v) is 6.13. The fourth-order valence-corrected chi connectivity index (χ4v) is 4.40. The molecule has 168 valence electrons. The van der Waals surface area contributed by atoms with Crippen molar-refractivity contribution in [1.82, 2.24) is 9.47 Å². The van der Waals surface area contributed by atoms with E-state index in [9.17, 15) is 9.18 Å². The molecule has 0 saturated heterocycles. The second kappa shape index (κ2) is 10.4. The summed E-state index contributed by atoms with van der Waals surface area (Å²) >= 11 is 0. The molecule has 0 spiro atoms. The Morgan fingerprint density at radius 2 is 1.91 bits per heavy atom. The number of carbonyl (C=O) groups excluding carboxylic acids is 1. The summed E-state index contributed by atoms with van der Waals surface area (Å²) < 4.78 is 21.7. The summed E-state index contributed by atoms with van der Waals surface area (Å²) in [6.45, 7) is 1.16. The van der Waals surface area contributed by atoms with Gasteiger partial charge in [0.25, 0.3) is 0 Å². The van der Waals surface area contributed by atoms with Crippen molar-refractivity contribution >= 4 is 11.7 Å². The zero-order valence-electron chi connectivity index (χ0n) is 18.5. The smallest absolute Gasteiger partial charge is 0.322 e. The van der Waals surface area contributed by atoms with E-state index in [0.717, 1.165) is 42.7 Å². The van der Waals surface area contributed by atoms with Crippen LogP contribution in [0.25, 0.3) is 0 Å². The average molecular weight is 436 g/mol. The van der Waals surface area contributed by atoms with Crippen LogP contribution in [-0.4, -0.2) is 28.6 Å². The fraction of sp³-hybridized carbons (Fsp3) is 0.346. The normalized spacial score (nSPS) is 14.2. The molecule has 1 aromatic heterocycles. The average Bonchev–Trinajstić information content (AvgIpc) is 3.26. The summed E-state index contributed by atoms with van der Waals surface area (Å²) in [7, 11) is 1.66. The maximum absolute atomic E-state index is 14.2. The van der Waals surface area contributed by atoms with Gasteiger partial charge in [-0.25, -0.2) is 9.18 Å². The van der Waals surface area contributed by atoms with Gasteiger partial charge in [0.05, 0.1) is 19.3 Å². The van der Waals surface area contributed by atoms with Gasteiger partial charge < -0.3 is 19.5 Å². The predicted molar refractivity (Wildman–Crippen MR) is 124 cm³/mol. The Morgan fingerprint density at radius 3 is 2.69 bits per heavy atom. The highest BCUT2D eigenvalue weighted by Crippen LogP contribution is 2.26. The number of ether oxygens (including phenoxy) is 1. The molecule has 0 aliphatic heterocycles. The van der Waals surface area contributed by atoms with E-state index >= 15 is 0 Å². The number of benzene rings is 2. The molecule has 32 heavy (non-hydrogen) atoms. The maximum atomic E-state index is 14.2. The van der Waals surface area contributed by atoms with Crippen LogP contribution in [0.3, 0.4) is 0 Å². The van der Waals surface area contributed by atoms with Crippen LogP contribution in [0.5, 0.6) is 5.75 Å². The first-order chi connectivity index (χ1) is 15.6. The highest BCUT2D eigenvalue weighted by Gasteiger charge is 2.27. The van der Waals surface area contributed by atoms with Crippen LogP contribution in [0.2, 0.25) is 0 Å². The van der Waals surface area contributed by atoms with Crippen LogP contribution < -0.4 is 10.1 Å². The number of hydrogen-bond acceptors (Lipinski definition) is 2. The quantitative estimate of drug-likeness (QED) is 0.491. The van der Waals surface area contributed by atoms with Crippen LogP contribution in [0.15, 0.2) is 66.9 Å². The van der Waals surface area contributed by atoms with Crippen molar-refractivity contribution in [1.29, 1.82) is 0 Å². The van der Waals surface area contributed by atoms with Gasteiger partial charge in [-0.05, 0) is 54.8 Å². The molecule has 6 heteroatoms. The number of nitrogens with one attached hydrogen (secondary N) is 1. The monoisotopic (exact) mass is 435 g/mol. The van der Waals surface area contributed by atoms with Gasteiger partial charge in [0, 0.05) is 24.5 Å². The van der Waals surface area contributed by atoms with Crippen LogP contribution >= 0.6 is 0 Å². The van der Waals surface area contributed by atoms with Gasteiger partial charge in [-0.1, -0.05) is 43.5 Å². The molecule has 5 nitrogen and oxygen atoms in total. The molecule has 1 aliphatic carbocycles. The van der Waals surface area contributed by atoms with Crippen LogP contribution in [0, 0.1) is 5.82 Å². The highest BCUT2D eigenvalue weighted by atomic mass is 19.1. The summed E-state index contributed by atoms with van der Waals surface area (Å²) in [4.78, 5) is 15.1. The second-order valence-corrected chi connectivity index (χ2v) is 8.31. The zero-order chi connectivity index (χ0) is 22.3. The number of aromatic nitrogens is 1. The van der Waals surface area contributed by atoms with Gasteiger partial charge >= 0.3 is 6.03 Å². The van der Waals surface area contributed by atoms with E-state index < -0.39 is 5.82 Å². The molecule has 3 aromatic rings. The molecule has 2 amide bonds. The number of amides is 2. The number of halogens is 1. The van der Waals surface area contributed by atoms with E-state index in [2.05, 4.69) is 16.0 Å². The third-order valence-electron chi connectivity index (χ3n) is 6.13. The fourth-order valence-electron chi connectivity index (χ4n) is 4.40. The Balaban J connectivity index is 1.54. The Hall–Kier alpha value is -3.28. The van der Waals surface area contributed by atoms with Gasteiger partial charge in [-0.2, -0.15) is 0 Å². The summed E-state index contributed by atoms with van der Waals surface area (Å²) in [5.74, 6) is 0.398. The lowest BCUT2D eigenvalue weighted by Gasteiger charge is -2.34. The predicted octanol–water partition coefficient (Wildman–Crippen LogP) is 6.05. The molecule has 1 aliphatic rings. The van der Waals surface area contributed by atoms with E-state index in [1.54, 1.807) is 25.3 Å². The molecule has 1 fully saturated rings.